The summed E-state index contributed by atoms with van der Waals surface area (Å²) in [5, 5.41) is 5.50. The molecule has 200 valence electrons. The van der Waals surface area contributed by atoms with Crippen LogP contribution in [-0.4, -0.2) is 0 Å². The van der Waals surface area contributed by atoms with Gasteiger partial charge in [-0.2, -0.15) is 0 Å². The molecule has 1 aromatic heterocycles. The molecule has 0 unspecified atom stereocenters. The normalized spacial score (nSPS) is 14.0. The number of rotatable bonds is 3. The third kappa shape index (κ3) is 3.65. The fourth-order valence-corrected chi connectivity index (χ4v) is 6.54. The number of hydrogen-bond acceptors (Lipinski definition) is 1. The lowest BCUT2D eigenvalue weighted by Crippen LogP contribution is -1.91. The summed E-state index contributed by atoms with van der Waals surface area (Å²) in [6.45, 7) is 0. The highest BCUT2D eigenvalue weighted by Crippen LogP contribution is 2.45. The minimum Gasteiger partial charge on any atom is -0.456 e. The summed E-state index contributed by atoms with van der Waals surface area (Å²) in [4.78, 5) is 0. The fourth-order valence-electron chi connectivity index (χ4n) is 6.54. The van der Waals surface area contributed by atoms with Gasteiger partial charge in [0.1, 0.15) is 11.2 Å². The molecule has 0 amide bonds. The molecule has 9 aromatic rings. The summed E-state index contributed by atoms with van der Waals surface area (Å²) < 4.78 is 67.1. The molecule has 1 heterocycles. The maximum absolute atomic E-state index is 9.15. The SMILES string of the molecule is [2H]c1c([2H])c([2H])c2c(-c3c4ccccc4c(-c4ccc(-c5cccc6oc7ccccc7c56)cc4)c4ccccc34)c([2H])c([2H])c([2H])c2c1[2H]. The average molecular weight is 554 g/mol. The lowest BCUT2D eigenvalue weighted by molar-refractivity contribution is 0.669. The monoisotopic (exact) mass is 553 g/mol. The van der Waals surface area contributed by atoms with Crippen molar-refractivity contribution in [3.8, 4) is 33.4 Å². The van der Waals surface area contributed by atoms with E-state index in [9.17, 15) is 0 Å². The van der Waals surface area contributed by atoms with Crippen LogP contribution in [0.1, 0.15) is 9.60 Å². The van der Waals surface area contributed by atoms with Gasteiger partial charge in [0.25, 0.3) is 0 Å². The second-order valence-electron chi connectivity index (χ2n) is 10.7. The molecular formula is C42H26O. The lowest BCUT2D eigenvalue weighted by Gasteiger charge is -2.19. The zero-order valence-electron chi connectivity index (χ0n) is 29.9. The van der Waals surface area contributed by atoms with Crippen LogP contribution in [-0.2, 0) is 0 Å². The van der Waals surface area contributed by atoms with Gasteiger partial charge in [0.2, 0.25) is 0 Å². The Bertz CT molecular complexity index is 2830. The quantitative estimate of drug-likeness (QED) is 0.198. The molecule has 0 aliphatic carbocycles. The van der Waals surface area contributed by atoms with Crippen molar-refractivity contribution in [2.75, 3.05) is 0 Å². The molecule has 9 rings (SSSR count). The van der Waals surface area contributed by atoms with Crippen LogP contribution in [0.3, 0.4) is 0 Å². The largest absolute Gasteiger partial charge is 0.456 e. The van der Waals surface area contributed by atoms with Gasteiger partial charge in [0.15, 0.2) is 0 Å². The summed E-state index contributed by atoms with van der Waals surface area (Å²) in [5.41, 5.74) is 6.60. The first-order valence-corrected chi connectivity index (χ1v) is 14.2. The van der Waals surface area contributed by atoms with Gasteiger partial charge in [-0.1, -0.05) is 145 Å². The molecule has 0 atom stereocenters. The van der Waals surface area contributed by atoms with Gasteiger partial charge in [-0.05, 0) is 77.8 Å². The highest BCUT2D eigenvalue weighted by Gasteiger charge is 2.18. The average Bonchev–Trinajstić information content (AvgIpc) is 3.54. The van der Waals surface area contributed by atoms with Crippen LogP contribution in [0.25, 0.3) is 87.6 Å². The Morgan fingerprint density at radius 2 is 0.977 bits per heavy atom. The molecule has 0 saturated carbocycles. The van der Waals surface area contributed by atoms with Crippen molar-refractivity contribution in [3.05, 3.63) is 158 Å². The van der Waals surface area contributed by atoms with E-state index in [0.29, 0.717) is 5.56 Å². The van der Waals surface area contributed by atoms with E-state index in [1.54, 1.807) is 0 Å². The molecule has 0 saturated heterocycles. The van der Waals surface area contributed by atoms with Crippen molar-refractivity contribution < 1.29 is 14.0 Å². The maximum atomic E-state index is 9.15. The Morgan fingerprint density at radius 3 is 1.72 bits per heavy atom. The van der Waals surface area contributed by atoms with E-state index in [2.05, 4.69) is 36.4 Å². The molecule has 0 N–H and O–H groups in total. The van der Waals surface area contributed by atoms with Crippen LogP contribution in [0, 0.1) is 0 Å². The number of hydrogen-bond donors (Lipinski definition) is 0. The molecule has 0 bridgehead atoms. The summed E-state index contributed by atoms with van der Waals surface area (Å²) in [7, 11) is 0. The summed E-state index contributed by atoms with van der Waals surface area (Å²) >= 11 is 0. The van der Waals surface area contributed by atoms with E-state index in [4.69, 9.17) is 14.0 Å². The van der Waals surface area contributed by atoms with E-state index >= 15 is 0 Å². The van der Waals surface area contributed by atoms with Crippen LogP contribution < -0.4 is 0 Å². The molecule has 1 nitrogen and oxygen atoms in total. The van der Waals surface area contributed by atoms with Crippen molar-refractivity contribution >= 4 is 54.3 Å². The Balaban J connectivity index is 1.33. The fraction of sp³-hybridized carbons (Fsp3) is 0. The van der Waals surface area contributed by atoms with Crippen molar-refractivity contribution in [2.45, 2.75) is 0 Å². The van der Waals surface area contributed by atoms with Gasteiger partial charge in [-0.25, -0.2) is 0 Å². The van der Waals surface area contributed by atoms with E-state index in [0.717, 1.165) is 65.7 Å². The third-order valence-corrected chi connectivity index (χ3v) is 8.38. The highest BCUT2D eigenvalue weighted by atomic mass is 16.3. The molecule has 0 aliphatic heterocycles. The van der Waals surface area contributed by atoms with Gasteiger partial charge in [-0.15, -0.1) is 0 Å². The summed E-state index contributed by atoms with van der Waals surface area (Å²) in [6.07, 6.45) is 0. The predicted molar refractivity (Wildman–Crippen MR) is 183 cm³/mol. The van der Waals surface area contributed by atoms with Crippen molar-refractivity contribution in [1.29, 1.82) is 0 Å². The van der Waals surface area contributed by atoms with Gasteiger partial charge in [0, 0.05) is 10.8 Å². The van der Waals surface area contributed by atoms with Gasteiger partial charge < -0.3 is 4.42 Å². The van der Waals surface area contributed by atoms with Crippen LogP contribution in [0.15, 0.2) is 162 Å². The van der Waals surface area contributed by atoms with Crippen LogP contribution in [0.4, 0.5) is 0 Å². The molecule has 0 radical (unpaired) electrons. The Kier molecular flexibility index (Phi) is 3.95. The van der Waals surface area contributed by atoms with Crippen LogP contribution in [0.2, 0.25) is 0 Å². The molecule has 0 fully saturated rings. The molecular weight excluding hydrogens is 520 g/mol. The standard InChI is InChI=1S/C42H26O/c1-2-13-30-27(11-1)12-9-20-32(30)41-35-16-5-3-14-33(35)40(34-15-4-6-17-36(34)41)29-25-23-28(24-26-29)31-19-10-22-39-42(31)37-18-7-8-21-38(37)43-39/h1-26H/i1D,2D,9D,11D,12D,13D,20D. The minimum absolute atomic E-state index is 0.0553. The second-order valence-corrected chi connectivity index (χ2v) is 10.7. The number of para-hydroxylation sites is 1. The Labute approximate surface area is 259 Å². The third-order valence-electron chi connectivity index (χ3n) is 8.38. The molecule has 8 aromatic carbocycles. The van der Waals surface area contributed by atoms with Crippen LogP contribution >= 0.6 is 0 Å². The number of fused-ring (bicyclic) bond motifs is 6. The highest BCUT2D eigenvalue weighted by molar-refractivity contribution is 6.23. The Morgan fingerprint density at radius 1 is 0.395 bits per heavy atom. The first-order chi connectivity index (χ1) is 24.3. The number of furan rings is 1. The molecule has 43 heavy (non-hydrogen) atoms. The van der Waals surface area contributed by atoms with Gasteiger partial charge in [-0.3, -0.25) is 0 Å². The van der Waals surface area contributed by atoms with E-state index < -0.39 is 12.1 Å². The predicted octanol–water partition coefficient (Wildman–Crippen LogP) is 12.0. The zero-order valence-corrected chi connectivity index (χ0v) is 22.9. The molecule has 1 heteroatoms. The van der Waals surface area contributed by atoms with Crippen molar-refractivity contribution in [2.24, 2.45) is 0 Å². The Hall–Kier alpha value is -5.66. The van der Waals surface area contributed by atoms with E-state index in [1.165, 1.54) is 0 Å². The van der Waals surface area contributed by atoms with Crippen LogP contribution in [0.5, 0.6) is 0 Å². The summed E-state index contributed by atoms with van der Waals surface area (Å²) in [6, 6.07) is 35.7. The smallest absolute Gasteiger partial charge is 0.136 e. The number of benzene rings is 8. The lowest BCUT2D eigenvalue weighted by atomic mass is 9.84. The maximum Gasteiger partial charge on any atom is 0.136 e. The first kappa shape index (κ1) is 18.0. The first-order valence-electron chi connectivity index (χ1n) is 17.7. The zero-order chi connectivity index (χ0) is 34.4. The van der Waals surface area contributed by atoms with Gasteiger partial charge in [0.05, 0.1) is 9.60 Å². The minimum atomic E-state index is -0.468. The summed E-state index contributed by atoms with van der Waals surface area (Å²) in [5.74, 6) is 0. The van der Waals surface area contributed by atoms with E-state index in [-0.39, 0.29) is 46.5 Å². The molecule has 0 spiro atoms. The second kappa shape index (κ2) is 9.44. The van der Waals surface area contributed by atoms with E-state index in [1.807, 2.05) is 78.9 Å². The van der Waals surface area contributed by atoms with Crippen molar-refractivity contribution in [1.82, 2.24) is 0 Å². The molecule has 0 aliphatic rings. The van der Waals surface area contributed by atoms with Crippen molar-refractivity contribution in [3.63, 3.8) is 0 Å². The topological polar surface area (TPSA) is 13.1 Å². The van der Waals surface area contributed by atoms with Gasteiger partial charge >= 0.3 is 0 Å².